The Labute approximate surface area is 147 Å². The van der Waals surface area contributed by atoms with Gasteiger partial charge in [0.2, 0.25) is 5.91 Å². The van der Waals surface area contributed by atoms with Crippen LogP contribution in [0.1, 0.15) is 43.5 Å². The molecule has 1 aromatic carbocycles. The van der Waals surface area contributed by atoms with Crippen molar-refractivity contribution in [2.45, 2.75) is 39.2 Å². The van der Waals surface area contributed by atoms with Crippen LogP contribution in [0.3, 0.4) is 0 Å². The smallest absolute Gasteiger partial charge is 0.261 e. The molecule has 0 radical (unpaired) electrons. The highest BCUT2D eigenvalue weighted by Crippen LogP contribution is 2.13. The third-order valence-electron chi connectivity index (χ3n) is 4.16. The lowest BCUT2D eigenvalue weighted by molar-refractivity contribution is -0.144. The van der Waals surface area contributed by atoms with E-state index in [9.17, 15) is 14.4 Å². The van der Waals surface area contributed by atoms with E-state index in [0.717, 1.165) is 12.8 Å². The molecule has 0 bridgehead atoms. The van der Waals surface area contributed by atoms with Gasteiger partial charge in [0, 0.05) is 18.5 Å². The molecule has 1 fully saturated rings. The maximum Gasteiger partial charge on any atom is 0.261 e. The molecule has 1 heterocycles. The van der Waals surface area contributed by atoms with Crippen LogP contribution in [-0.4, -0.2) is 42.4 Å². The first-order chi connectivity index (χ1) is 11.9. The number of methoxy groups -OCH3 is 1. The van der Waals surface area contributed by atoms with Crippen molar-refractivity contribution in [3.05, 3.63) is 29.8 Å². The van der Waals surface area contributed by atoms with Gasteiger partial charge in [0.1, 0.15) is 11.8 Å². The predicted octanol–water partition coefficient (Wildman–Crippen LogP) is 1.49. The first-order valence-corrected chi connectivity index (χ1v) is 8.48. The van der Waals surface area contributed by atoms with Crippen LogP contribution in [0.15, 0.2) is 24.3 Å². The summed E-state index contributed by atoms with van der Waals surface area (Å²) >= 11 is 0. The van der Waals surface area contributed by atoms with Gasteiger partial charge < -0.3 is 10.1 Å². The van der Waals surface area contributed by atoms with E-state index in [1.807, 2.05) is 13.8 Å². The maximum absolute atomic E-state index is 12.5. The quantitative estimate of drug-likeness (QED) is 0.816. The first-order valence-electron chi connectivity index (χ1n) is 8.48. The lowest BCUT2D eigenvalue weighted by Gasteiger charge is -2.30. The zero-order valence-corrected chi connectivity index (χ0v) is 14.9. The molecule has 25 heavy (non-hydrogen) atoms. The number of piperidine rings is 1. The Morgan fingerprint density at radius 3 is 2.40 bits per heavy atom. The molecule has 0 spiro atoms. The maximum atomic E-state index is 12.5. The second-order valence-electron chi connectivity index (χ2n) is 6.40. The summed E-state index contributed by atoms with van der Waals surface area (Å²) in [6.45, 7) is 4.19. The standard InChI is InChI=1S/C18H25N3O4/c1-12(2)16(18(24)20-21-11-5-4-6-15(21)22)19-17(23)13-7-9-14(25-3)10-8-13/h7-10,12,16H,4-6,11H2,1-3H3,(H,19,23)(H,20,24)/t16-/m0/s1. The fourth-order valence-corrected chi connectivity index (χ4v) is 2.63. The van der Waals surface area contributed by atoms with Gasteiger partial charge in [0.25, 0.3) is 11.8 Å². The number of ether oxygens (including phenoxy) is 1. The fourth-order valence-electron chi connectivity index (χ4n) is 2.63. The Kier molecular flexibility index (Phi) is 6.38. The third kappa shape index (κ3) is 4.95. The van der Waals surface area contributed by atoms with E-state index < -0.39 is 6.04 Å². The SMILES string of the molecule is COc1ccc(C(=O)N[C@H](C(=O)NN2CCCCC2=O)C(C)C)cc1. The molecule has 7 heteroatoms. The number of rotatable bonds is 6. The lowest BCUT2D eigenvalue weighted by atomic mass is 10.0. The number of nitrogens with one attached hydrogen (secondary N) is 2. The van der Waals surface area contributed by atoms with Crippen LogP contribution >= 0.6 is 0 Å². The van der Waals surface area contributed by atoms with Crippen molar-refractivity contribution in [3.63, 3.8) is 0 Å². The Balaban J connectivity index is 2.02. The van der Waals surface area contributed by atoms with Crippen LogP contribution in [-0.2, 0) is 9.59 Å². The zero-order valence-electron chi connectivity index (χ0n) is 14.9. The monoisotopic (exact) mass is 347 g/mol. The number of carbonyl (C=O) groups is 3. The molecule has 136 valence electrons. The van der Waals surface area contributed by atoms with Gasteiger partial charge in [-0.3, -0.25) is 24.8 Å². The van der Waals surface area contributed by atoms with Crippen LogP contribution in [0, 0.1) is 5.92 Å². The molecule has 1 aliphatic rings. The molecule has 1 atom stereocenters. The fraction of sp³-hybridized carbons (Fsp3) is 0.500. The van der Waals surface area contributed by atoms with Crippen molar-refractivity contribution in [3.8, 4) is 5.75 Å². The van der Waals surface area contributed by atoms with Crippen molar-refractivity contribution >= 4 is 17.7 Å². The van der Waals surface area contributed by atoms with Gasteiger partial charge in [-0.1, -0.05) is 13.8 Å². The summed E-state index contributed by atoms with van der Waals surface area (Å²) in [5.41, 5.74) is 3.07. The van der Waals surface area contributed by atoms with E-state index in [1.54, 1.807) is 31.4 Å². The van der Waals surface area contributed by atoms with Crippen LogP contribution < -0.4 is 15.5 Å². The van der Waals surface area contributed by atoms with Crippen molar-refractivity contribution in [2.75, 3.05) is 13.7 Å². The van der Waals surface area contributed by atoms with E-state index in [4.69, 9.17) is 4.74 Å². The summed E-state index contributed by atoms with van der Waals surface area (Å²) in [5, 5.41) is 4.09. The Hall–Kier alpha value is -2.57. The lowest BCUT2D eigenvalue weighted by Crippen LogP contribution is -2.56. The number of benzene rings is 1. The minimum absolute atomic E-state index is 0.0939. The molecule has 0 aliphatic carbocycles. The Morgan fingerprint density at radius 1 is 1.16 bits per heavy atom. The van der Waals surface area contributed by atoms with E-state index in [1.165, 1.54) is 5.01 Å². The summed E-state index contributed by atoms with van der Waals surface area (Å²) in [4.78, 5) is 36.8. The van der Waals surface area contributed by atoms with E-state index in [2.05, 4.69) is 10.7 Å². The summed E-state index contributed by atoms with van der Waals surface area (Å²) in [6.07, 6.45) is 2.13. The van der Waals surface area contributed by atoms with Gasteiger partial charge in [-0.2, -0.15) is 0 Å². The minimum Gasteiger partial charge on any atom is -0.497 e. The highest BCUT2D eigenvalue weighted by molar-refractivity contribution is 5.98. The topological polar surface area (TPSA) is 87.7 Å². The molecule has 2 N–H and O–H groups in total. The minimum atomic E-state index is -0.732. The molecule has 2 rings (SSSR count). The van der Waals surface area contributed by atoms with Crippen molar-refractivity contribution < 1.29 is 19.1 Å². The number of nitrogens with zero attached hydrogens (tertiary/aromatic N) is 1. The van der Waals surface area contributed by atoms with E-state index in [0.29, 0.717) is 24.3 Å². The molecular weight excluding hydrogens is 322 g/mol. The molecule has 0 unspecified atom stereocenters. The number of hydrazine groups is 1. The highest BCUT2D eigenvalue weighted by atomic mass is 16.5. The van der Waals surface area contributed by atoms with Gasteiger partial charge in [-0.15, -0.1) is 0 Å². The number of amides is 3. The highest BCUT2D eigenvalue weighted by Gasteiger charge is 2.28. The molecule has 3 amide bonds. The van der Waals surface area contributed by atoms with Crippen LogP contribution in [0.2, 0.25) is 0 Å². The summed E-state index contributed by atoms with van der Waals surface area (Å²) in [5.74, 6) is -0.294. The average molecular weight is 347 g/mol. The molecule has 1 saturated heterocycles. The van der Waals surface area contributed by atoms with Gasteiger partial charge in [-0.05, 0) is 43.0 Å². The van der Waals surface area contributed by atoms with Crippen LogP contribution in [0.4, 0.5) is 0 Å². The van der Waals surface area contributed by atoms with Gasteiger partial charge in [0.15, 0.2) is 0 Å². The predicted molar refractivity (Wildman–Crippen MR) is 92.8 cm³/mol. The van der Waals surface area contributed by atoms with Crippen molar-refractivity contribution in [1.29, 1.82) is 0 Å². The van der Waals surface area contributed by atoms with E-state index >= 15 is 0 Å². The normalized spacial score (nSPS) is 15.7. The van der Waals surface area contributed by atoms with Gasteiger partial charge in [0.05, 0.1) is 7.11 Å². The molecule has 7 nitrogen and oxygen atoms in total. The zero-order chi connectivity index (χ0) is 18.4. The van der Waals surface area contributed by atoms with Gasteiger partial charge in [-0.25, -0.2) is 0 Å². The first kappa shape index (κ1) is 18.8. The van der Waals surface area contributed by atoms with Crippen molar-refractivity contribution in [2.24, 2.45) is 5.92 Å². The molecule has 1 aromatic rings. The summed E-state index contributed by atoms with van der Waals surface area (Å²) in [6, 6.07) is 5.91. The molecular formula is C18H25N3O4. The number of hydrogen-bond donors (Lipinski definition) is 2. The third-order valence-corrected chi connectivity index (χ3v) is 4.16. The molecule has 0 aromatic heterocycles. The average Bonchev–Trinajstić information content (AvgIpc) is 2.61. The van der Waals surface area contributed by atoms with Crippen LogP contribution in [0.25, 0.3) is 0 Å². The largest absolute Gasteiger partial charge is 0.497 e. The van der Waals surface area contributed by atoms with E-state index in [-0.39, 0.29) is 23.6 Å². The summed E-state index contributed by atoms with van der Waals surface area (Å²) in [7, 11) is 1.55. The van der Waals surface area contributed by atoms with Crippen molar-refractivity contribution in [1.82, 2.24) is 15.8 Å². The number of hydrogen-bond acceptors (Lipinski definition) is 4. The second-order valence-corrected chi connectivity index (χ2v) is 6.40. The second kappa shape index (κ2) is 8.50. The van der Waals surface area contributed by atoms with Gasteiger partial charge >= 0.3 is 0 Å². The Bertz CT molecular complexity index is 628. The summed E-state index contributed by atoms with van der Waals surface area (Å²) < 4.78 is 5.07. The Morgan fingerprint density at radius 2 is 1.84 bits per heavy atom. The number of carbonyl (C=O) groups excluding carboxylic acids is 3. The molecule has 1 aliphatic heterocycles. The molecule has 0 saturated carbocycles. The van der Waals surface area contributed by atoms with Crippen LogP contribution in [0.5, 0.6) is 5.75 Å².